The van der Waals surface area contributed by atoms with Crippen LogP contribution in [0.2, 0.25) is 0 Å². The zero-order valence-corrected chi connectivity index (χ0v) is 13.7. The minimum atomic E-state index is 0.540. The van der Waals surface area contributed by atoms with Crippen molar-refractivity contribution in [3.05, 3.63) is 0 Å². The average molecular weight is 255 g/mol. The molecule has 0 aromatic rings. The molecule has 0 aromatic carbocycles. The number of hydrogen-bond donors (Lipinski definition) is 0. The topological polar surface area (TPSA) is 0 Å². The van der Waals surface area contributed by atoms with Crippen molar-refractivity contribution >= 4 is 0 Å². The van der Waals surface area contributed by atoms with Crippen LogP contribution in [0.4, 0.5) is 0 Å². The first-order valence-corrected chi connectivity index (χ1v) is 8.56. The van der Waals surface area contributed by atoms with Gasteiger partial charge in [0.05, 0.1) is 0 Å². The van der Waals surface area contributed by atoms with E-state index in [4.69, 9.17) is 0 Å². The summed E-state index contributed by atoms with van der Waals surface area (Å²) in [7, 11) is 0. The fourth-order valence-electron chi connectivity index (χ4n) is 2.50. The van der Waals surface area contributed by atoms with Crippen LogP contribution in [0.3, 0.4) is 0 Å². The SMILES string of the molecule is CCCCCCCCCCCCCCC(C)(C)C. The highest BCUT2D eigenvalue weighted by molar-refractivity contribution is 4.61. The maximum atomic E-state index is 2.35. The molecule has 0 aliphatic carbocycles. The summed E-state index contributed by atoms with van der Waals surface area (Å²) in [5.74, 6) is 0. The van der Waals surface area contributed by atoms with Gasteiger partial charge in [0.25, 0.3) is 0 Å². The quantitative estimate of drug-likeness (QED) is 0.325. The van der Waals surface area contributed by atoms with Crippen molar-refractivity contribution in [2.45, 2.75) is 111 Å². The number of rotatable bonds is 12. The van der Waals surface area contributed by atoms with Crippen LogP contribution in [0, 0.1) is 5.41 Å². The second-order valence-corrected chi connectivity index (χ2v) is 7.20. The molecule has 0 radical (unpaired) electrons. The van der Waals surface area contributed by atoms with Gasteiger partial charge in [-0.25, -0.2) is 0 Å². The van der Waals surface area contributed by atoms with Crippen LogP contribution in [0.1, 0.15) is 111 Å². The molecule has 0 aliphatic rings. The highest BCUT2D eigenvalue weighted by Gasteiger charge is 2.08. The molecule has 110 valence electrons. The Morgan fingerprint density at radius 3 is 1.17 bits per heavy atom. The summed E-state index contributed by atoms with van der Waals surface area (Å²) in [6, 6.07) is 0. The molecule has 0 N–H and O–H groups in total. The molecule has 0 aliphatic heterocycles. The standard InChI is InChI=1S/C18H38/c1-5-6-7-8-9-10-11-12-13-14-15-16-17-18(2,3)4/h5-17H2,1-4H3. The van der Waals surface area contributed by atoms with Gasteiger partial charge in [0.2, 0.25) is 0 Å². The van der Waals surface area contributed by atoms with Gasteiger partial charge in [-0.05, 0) is 11.8 Å². The molecule has 0 amide bonds. The highest BCUT2D eigenvalue weighted by atomic mass is 14.1. The summed E-state index contributed by atoms with van der Waals surface area (Å²) in [6.45, 7) is 9.35. The molecule has 0 aromatic heterocycles. The normalized spacial score (nSPS) is 12.0. The lowest BCUT2D eigenvalue weighted by Gasteiger charge is -2.17. The van der Waals surface area contributed by atoms with Crippen molar-refractivity contribution in [1.29, 1.82) is 0 Å². The first-order valence-electron chi connectivity index (χ1n) is 8.56. The monoisotopic (exact) mass is 254 g/mol. The molecule has 0 saturated heterocycles. The number of unbranched alkanes of at least 4 members (excludes halogenated alkanes) is 11. The van der Waals surface area contributed by atoms with Crippen LogP contribution < -0.4 is 0 Å². The van der Waals surface area contributed by atoms with Gasteiger partial charge >= 0.3 is 0 Å². The van der Waals surface area contributed by atoms with Crippen LogP contribution in [0.25, 0.3) is 0 Å². The molecule has 0 atom stereocenters. The Kier molecular flexibility index (Phi) is 12.1. The first kappa shape index (κ1) is 18.0. The lowest BCUT2D eigenvalue weighted by molar-refractivity contribution is 0.356. The molecule has 0 unspecified atom stereocenters. The second kappa shape index (κ2) is 12.1. The predicted molar refractivity (Wildman–Crippen MR) is 85.2 cm³/mol. The summed E-state index contributed by atoms with van der Waals surface area (Å²) < 4.78 is 0. The summed E-state index contributed by atoms with van der Waals surface area (Å²) in [5, 5.41) is 0. The molecule has 0 nitrogen and oxygen atoms in total. The van der Waals surface area contributed by atoms with Crippen LogP contribution in [-0.2, 0) is 0 Å². The maximum Gasteiger partial charge on any atom is -0.0383 e. The molecule has 0 saturated carbocycles. The van der Waals surface area contributed by atoms with Gasteiger partial charge in [0.1, 0.15) is 0 Å². The van der Waals surface area contributed by atoms with Crippen molar-refractivity contribution in [3.8, 4) is 0 Å². The zero-order chi connectivity index (χ0) is 13.7. The van der Waals surface area contributed by atoms with E-state index < -0.39 is 0 Å². The van der Waals surface area contributed by atoms with Crippen LogP contribution >= 0.6 is 0 Å². The summed E-state index contributed by atoms with van der Waals surface area (Å²) in [6.07, 6.45) is 18.9. The van der Waals surface area contributed by atoms with Gasteiger partial charge < -0.3 is 0 Å². The molecular weight excluding hydrogens is 216 g/mol. The zero-order valence-electron chi connectivity index (χ0n) is 13.7. The Morgan fingerprint density at radius 1 is 0.500 bits per heavy atom. The minimum absolute atomic E-state index is 0.540. The van der Waals surface area contributed by atoms with Gasteiger partial charge in [-0.3, -0.25) is 0 Å². The van der Waals surface area contributed by atoms with Gasteiger partial charge in [-0.15, -0.1) is 0 Å². The van der Waals surface area contributed by atoms with E-state index in [1.807, 2.05) is 0 Å². The summed E-state index contributed by atoms with van der Waals surface area (Å²) in [5.41, 5.74) is 0.540. The second-order valence-electron chi connectivity index (χ2n) is 7.20. The van der Waals surface area contributed by atoms with E-state index in [0.717, 1.165) is 0 Å². The minimum Gasteiger partial charge on any atom is -0.0654 e. The van der Waals surface area contributed by atoms with E-state index in [1.165, 1.54) is 83.5 Å². The fourth-order valence-corrected chi connectivity index (χ4v) is 2.50. The van der Waals surface area contributed by atoms with Crippen molar-refractivity contribution in [2.75, 3.05) is 0 Å². The largest absolute Gasteiger partial charge is 0.0654 e. The van der Waals surface area contributed by atoms with Crippen LogP contribution in [-0.4, -0.2) is 0 Å². The molecular formula is C18H38. The molecule has 0 rings (SSSR count). The van der Waals surface area contributed by atoms with Crippen molar-refractivity contribution in [2.24, 2.45) is 5.41 Å². The highest BCUT2D eigenvalue weighted by Crippen LogP contribution is 2.22. The molecule has 0 fully saturated rings. The summed E-state index contributed by atoms with van der Waals surface area (Å²) >= 11 is 0. The Bertz CT molecular complexity index is 152. The van der Waals surface area contributed by atoms with Gasteiger partial charge in [0, 0.05) is 0 Å². The molecule has 0 heterocycles. The molecule has 0 heteroatoms. The van der Waals surface area contributed by atoms with Crippen molar-refractivity contribution < 1.29 is 0 Å². The van der Waals surface area contributed by atoms with Gasteiger partial charge in [-0.1, -0.05) is 105 Å². The third-order valence-corrected chi connectivity index (χ3v) is 3.78. The van der Waals surface area contributed by atoms with E-state index in [-0.39, 0.29) is 0 Å². The van der Waals surface area contributed by atoms with Crippen molar-refractivity contribution in [3.63, 3.8) is 0 Å². The Labute approximate surface area is 117 Å². The molecule has 0 spiro atoms. The van der Waals surface area contributed by atoms with Crippen LogP contribution in [0.5, 0.6) is 0 Å². The van der Waals surface area contributed by atoms with E-state index in [1.54, 1.807) is 0 Å². The average Bonchev–Trinajstić information content (AvgIpc) is 2.29. The van der Waals surface area contributed by atoms with E-state index in [9.17, 15) is 0 Å². The molecule has 18 heavy (non-hydrogen) atoms. The lowest BCUT2D eigenvalue weighted by atomic mass is 9.89. The fraction of sp³-hybridized carbons (Fsp3) is 1.00. The van der Waals surface area contributed by atoms with E-state index >= 15 is 0 Å². The third kappa shape index (κ3) is 16.0. The maximum absolute atomic E-state index is 2.35. The van der Waals surface area contributed by atoms with Gasteiger partial charge in [-0.2, -0.15) is 0 Å². The predicted octanol–water partition coefficient (Wildman–Crippen LogP) is 7.12. The first-order chi connectivity index (χ1) is 8.56. The Balaban J connectivity index is 2.99. The van der Waals surface area contributed by atoms with E-state index in [2.05, 4.69) is 27.7 Å². The Morgan fingerprint density at radius 2 is 0.833 bits per heavy atom. The van der Waals surface area contributed by atoms with Crippen molar-refractivity contribution in [1.82, 2.24) is 0 Å². The van der Waals surface area contributed by atoms with Crippen LogP contribution in [0.15, 0.2) is 0 Å². The third-order valence-electron chi connectivity index (χ3n) is 3.78. The lowest BCUT2D eigenvalue weighted by Crippen LogP contribution is -2.03. The number of hydrogen-bond acceptors (Lipinski definition) is 0. The molecule has 0 bridgehead atoms. The summed E-state index contributed by atoms with van der Waals surface area (Å²) in [4.78, 5) is 0. The van der Waals surface area contributed by atoms with E-state index in [0.29, 0.717) is 5.41 Å². The van der Waals surface area contributed by atoms with Gasteiger partial charge in [0.15, 0.2) is 0 Å². The smallest absolute Gasteiger partial charge is 0.0383 e. The Hall–Kier alpha value is 0.